The lowest BCUT2D eigenvalue weighted by Crippen LogP contribution is -2.40. The van der Waals surface area contributed by atoms with E-state index >= 15 is 0 Å². The third-order valence-corrected chi connectivity index (χ3v) is 8.13. The van der Waals surface area contributed by atoms with Crippen molar-refractivity contribution >= 4 is 10.0 Å². The highest BCUT2D eigenvalue weighted by atomic mass is 32.2. The normalized spacial score (nSPS) is 23.2. The van der Waals surface area contributed by atoms with Gasteiger partial charge in [0.1, 0.15) is 6.04 Å². The molecule has 9 heteroatoms. The minimum Gasteiger partial charge on any atom is -0.493 e. The molecule has 2 aliphatic rings. The predicted molar refractivity (Wildman–Crippen MR) is 112 cm³/mol. The Bertz CT molecular complexity index is 1190. The Kier molecular flexibility index (Phi) is 4.94. The molecule has 3 atom stereocenters. The van der Waals surface area contributed by atoms with Gasteiger partial charge in [0, 0.05) is 11.6 Å². The van der Waals surface area contributed by atoms with Gasteiger partial charge < -0.3 is 14.0 Å². The van der Waals surface area contributed by atoms with Gasteiger partial charge >= 0.3 is 0 Å². The summed E-state index contributed by atoms with van der Waals surface area (Å²) in [7, 11) is -0.542. The van der Waals surface area contributed by atoms with E-state index in [0.29, 0.717) is 28.8 Å². The Morgan fingerprint density at radius 1 is 1.03 bits per heavy atom. The summed E-state index contributed by atoms with van der Waals surface area (Å²) in [6.45, 7) is 0. The van der Waals surface area contributed by atoms with E-state index in [2.05, 4.69) is 10.1 Å². The molecule has 2 fully saturated rings. The van der Waals surface area contributed by atoms with Crippen molar-refractivity contribution in [2.75, 3.05) is 14.2 Å². The van der Waals surface area contributed by atoms with Gasteiger partial charge in [0.05, 0.1) is 19.1 Å². The van der Waals surface area contributed by atoms with Crippen LogP contribution in [0.1, 0.15) is 31.2 Å². The zero-order valence-corrected chi connectivity index (χ0v) is 18.1. The Morgan fingerprint density at radius 2 is 1.81 bits per heavy atom. The number of nitrogens with zero attached hydrogens (tertiary/aromatic N) is 3. The van der Waals surface area contributed by atoms with Crippen LogP contribution in [0, 0.1) is 5.92 Å². The Morgan fingerprint density at radius 3 is 2.55 bits per heavy atom. The van der Waals surface area contributed by atoms with Crippen LogP contribution in [-0.2, 0) is 10.0 Å². The highest BCUT2D eigenvalue weighted by molar-refractivity contribution is 7.89. The van der Waals surface area contributed by atoms with E-state index < -0.39 is 16.1 Å². The van der Waals surface area contributed by atoms with Crippen LogP contribution in [0.15, 0.2) is 57.9 Å². The summed E-state index contributed by atoms with van der Waals surface area (Å²) >= 11 is 0. The highest BCUT2D eigenvalue weighted by Crippen LogP contribution is 2.52. The molecule has 2 heterocycles. The molecule has 1 saturated heterocycles. The molecule has 8 nitrogen and oxygen atoms in total. The lowest BCUT2D eigenvalue weighted by Gasteiger charge is -2.32. The molecule has 2 bridgehead atoms. The van der Waals surface area contributed by atoms with E-state index in [4.69, 9.17) is 14.0 Å². The number of hydrogen-bond donors (Lipinski definition) is 0. The van der Waals surface area contributed by atoms with Gasteiger partial charge in [-0.3, -0.25) is 0 Å². The second kappa shape index (κ2) is 7.65. The molecule has 1 aliphatic heterocycles. The molecule has 1 saturated carbocycles. The van der Waals surface area contributed by atoms with E-state index in [9.17, 15) is 8.42 Å². The summed E-state index contributed by atoms with van der Waals surface area (Å²) < 4.78 is 44.7. The van der Waals surface area contributed by atoms with Gasteiger partial charge in [-0.15, -0.1) is 0 Å². The quantitative estimate of drug-likeness (QED) is 0.576. The molecular weight excluding hydrogens is 418 g/mol. The van der Waals surface area contributed by atoms with Crippen molar-refractivity contribution in [3.05, 3.63) is 54.4 Å². The summed E-state index contributed by atoms with van der Waals surface area (Å²) in [5, 5.41) is 4.13. The van der Waals surface area contributed by atoms with Gasteiger partial charge in [0.15, 0.2) is 11.5 Å². The molecule has 0 amide bonds. The minimum atomic E-state index is -3.67. The third-order valence-electron chi connectivity index (χ3n) is 6.18. The number of aromatic nitrogens is 2. The molecule has 2 unspecified atom stereocenters. The number of piperidine rings is 1. The van der Waals surface area contributed by atoms with E-state index in [0.717, 1.165) is 19.3 Å². The number of fused-ring (bicyclic) bond motifs is 2. The largest absolute Gasteiger partial charge is 0.493 e. The molecule has 2 aromatic carbocycles. The molecule has 31 heavy (non-hydrogen) atoms. The number of benzene rings is 2. The minimum absolute atomic E-state index is 0.0448. The average molecular weight is 442 g/mol. The molecule has 5 rings (SSSR count). The van der Waals surface area contributed by atoms with Crippen molar-refractivity contribution in [3.8, 4) is 22.9 Å². The second-order valence-electron chi connectivity index (χ2n) is 7.85. The van der Waals surface area contributed by atoms with Crippen LogP contribution in [0.25, 0.3) is 11.4 Å². The SMILES string of the molecule is COc1ccc(-c2noc([C@@H]3C4CCC(C4)N3S(=O)(=O)c3ccccc3)n2)cc1OC. The smallest absolute Gasteiger partial charge is 0.245 e. The van der Waals surface area contributed by atoms with Crippen LogP contribution >= 0.6 is 0 Å². The lowest BCUT2D eigenvalue weighted by atomic mass is 10.00. The lowest BCUT2D eigenvalue weighted by molar-refractivity contribution is 0.197. The zero-order valence-electron chi connectivity index (χ0n) is 17.3. The molecule has 0 N–H and O–H groups in total. The Hall–Kier alpha value is -2.91. The fraction of sp³-hybridized carbons (Fsp3) is 0.364. The van der Waals surface area contributed by atoms with Crippen molar-refractivity contribution in [1.82, 2.24) is 14.4 Å². The Balaban J connectivity index is 1.51. The predicted octanol–water partition coefficient (Wildman–Crippen LogP) is 3.67. The van der Waals surface area contributed by atoms with Crippen LogP contribution in [0.4, 0.5) is 0 Å². The maximum absolute atomic E-state index is 13.4. The second-order valence-corrected chi connectivity index (χ2v) is 9.69. The summed E-state index contributed by atoms with van der Waals surface area (Å²) in [5.41, 5.74) is 0.702. The maximum Gasteiger partial charge on any atom is 0.245 e. The number of rotatable bonds is 6. The van der Waals surface area contributed by atoms with Gasteiger partial charge in [-0.05, 0) is 55.5 Å². The molecule has 0 radical (unpaired) electrons. The topological polar surface area (TPSA) is 94.8 Å². The van der Waals surface area contributed by atoms with E-state index in [-0.39, 0.29) is 16.9 Å². The van der Waals surface area contributed by atoms with Crippen LogP contribution in [0.5, 0.6) is 11.5 Å². The molecule has 3 aromatic rings. The van der Waals surface area contributed by atoms with Gasteiger partial charge in [-0.25, -0.2) is 8.42 Å². The zero-order chi connectivity index (χ0) is 21.6. The van der Waals surface area contributed by atoms with Crippen molar-refractivity contribution in [3.63, 3.8) is 0 Å². The van der Waals surface area contributed by atoms with Gasteiger partial charge in [0.25, 0.3) is 0 Å². The standard InChI is InChI=1S/C22H23N3O5S/c1-28-18-11-9-15(13-19(18)29-2)21-23-22(30-24-21)20-14-8-10-16(12-14)25(20)31(26,27)17-6-4-3-5-7-17/h3-7,9,11,13-14,16,20H,8,10,12H2,1-2H3/t14?,16?,20-/m0/s1. The van der Waals surface area contributed by atoms with Crippen LogP contribution in [0.2, 0.25) is 0 Å². The fourth-order valence-electron chi connectivity index (χ4n) is 4.76. The molecule has 1 aliphatic carbocycles. The van der Waals surface area contributed by atoms with Gasteiger partial charge in [0.2, 0.25) is 21.7 Å². The number of hydrogen-bond acceptors (Lipinski definition) is 7. The van der Waals surface area contributed by atoms with Crippen molar-refractivity contribution < 1.29 is 22.4 Å². The first-order valence-electron chi connectivity index (χ1n) is 10.2. The first-order chi connectivity index (χ1) is 15.0. The van der Waals surface area contributed by atoms with Crippen LogP contribution in [0.3, 0.4) is 0 Å². The fourth-order valence-corrected chi connectivity index (χ4v) is 6.65. The van der Waals surface area contributed by atoms with Crippen LogP contribution in [-0.4, -0.2) is 43.1 Å². The first kappa shape index (κ1) is 20.0. The van der Waals surface area contributed by atoms with Gasteiger partial charge in [-0.2, -0.15) is 9.29 Å². The summed E-state index contributed by atoms with van der Waals surface area (Å²) in [6, 6.07) is 13.4. The van der Waals surface area contributed by atoms with Crippen molar-refractivity contribution in [2.45, 2.75) is 36.2 Å². The molecule has 1 aromatic heterocycles. The number of methoxy groups -OCH3 is 2. The number of ether oxygens (including phenoxy) is 2. The van der Waals surface area contributed by atoms with Crippen LogP contribution < -0.4 is 9.47 Å². The van der Waals surface area contributed by atoms with Crippen molar-refractivity contribution in [2.24, 2.45) is 5.92 Å². The number of sulfonamides is 1. The summed E-state index contributed by atoms with van der Waals surface area (Å²) in [4.78, 5) is 4.87. The molecular formula is C22H23N3O5S. The first-order valence-corrected chi connectivity index (χ1v) is 11.6. The Labute approximate surface area is 180 Å². The highest BCUT2D eigenvalue weighted by Gasteiger charge is 2.54. The maximum atomic E-state index is 13.4. The summed E-state index contributed by atoms with van der Waals surface area (Å²) in [5.74, 6) is 2.04. The molecule has 162 valence electrons. The van der Waals surface area contributed by atoms with E-state index in [1.165, 1.54) is 0 Å². The van der Waals surface area contributed by atoms with Gasteiger partial charge in [-0.1, -0.05) is 23.4 Å². The van der Waals surface area contributed by atoms with E-state index in [1.807, 2.05) is 6.07 Å². The van der Waals surface area contributed by atoms with E-state index in [1.54, 1.807) is 61.0 Å². The monoisotopic (exact) mass is 441 g/mol. The third kappa shape index (κ3) is 3.28. The van der Waals surface area contributed by atoms with Crippen molar-refractivity contribution in [1.29, 1.82) is 0 Å². The summed E-state index contributed by atoms with van der Waals surface area (Å²) in [6.07, 6.45) is 2.61. The average Bonchev–Trinajstić information content (AvgIpc) is 3.55. The molecule has 0 spiro atoms.